The van der Waals surface area contributed by atoms with Crippen LogP contribution in [0.15, 0.2) is 48.8 Å². The first-order valence-corrected chi connectivity index (χ1v) is 9.99. The number of imidazole rings is 1. The van der Waals surface area contributed by atoms with E-state index < -0.39 is 11.9 Å². The molecule has 2 fully saturated rings. The summed E-state index contributed by atoms with van der Waals surface area (Å²) in [4.78, 5) is 43.9. The lowest BCUT2D eigenvalue weighted by Crippen LogP contribution is -2.43. The first kappa shape index (κ1) is 18.7. The molecule has 0 unspecified atom stereocenters. The minimum Gasteiger partial charge on any atom is -0.341 e. The smallest absolute Gasteiger partial charge is 0.241 e. The second-order valence-corrected chi connectivity index (χ2v) is 8.21. The molecular formula is C22H21FN4O3. The number of imide groups is 1. The summed E-state index contributed by atoms with van der Waals surface area (Å²) in [6.07, 6.45) is 8.24. The molecule has 3 amide bonds. The van der Waals surface area contributed by atoms with Crippen molar-refractivity contribution in [3.8, 4) is 0 Å². The number of hydrogen-bond donors (Lipinski definition) is 1. The Labute approximate surface area is 172 Å². The first-order chi connectivity index (χ1) is 14.4. The van der Waals surface area contributed by atoms with Crippen LogP contribution in [0.5, 0.6) is 0 Å². The first-order valence-electron chi connectivity index (χ1n) is 9.99. The van der Waals surface area contributed by atoms with Crippen molar-refractivity contribution in [1.82, 2.24) is 19.8 Å². The predicted molar refractivity (Wildman–Crippen MR) is 104 cm³/mol. The normalized spacial score (nSPS) is 27.6. The van der Waals surface area contributed by atoms with Crippen molar-refractivity contribution in [2.24, 2.45) is 30.7 Å². The third kappa shape index (κ3) is 2.86. The van der Waals surface area contributed by atoms with Gasteiger partial charge < -0.3 is 9.88 Å². The molecular weight excluding hydrogens is 387 g/mol. The van der Waals surface area contributed by atoms with Crippen LogP contribution in [0, 0.1) is 29.5 Å². The van der Waals surface area contributed by atoms with Gasteiger partial charge in [0.15, 0.2) is 0 Å². The molecule has 30 heavy (non-hydrogen) atoms. The SMILES string of the molecule is Cn1ccnc1[C@H](NC(=O)CN1C(=O)[C@@H]2[C@@H](C1=O)[C@H]1C=C[C@H]2C1)c1ccc(F)cc1. The molecule has 1 aliphatic heterocycles. The Balaban J connectivity index is 1.35. The molecule has 3 aliphatic rings. The van der Waals surface area contributed by atoms with E-state index in [1.54, 1.807) is 36.1 Å². The number of carbonyl (C=O) groups is 3. The third-order valence-corrected chi connectivity index (χ3v) is 6.49. The second-order valence-electron chi connectivity index (χ2n) is 8.21. The molecule has 154 valence electrons. The third-order valence-electron chi connectivity index (χ3n) is 6.49. The van der Waals surface area contributed by atoms with Crippen LogP contribution in [-0.2, 0) is 21.4 Å². The molecule has 1 N–H and O–H groups in total. The van der Waals surface area contributed by atoms with Crippen LogP contribution in [-0.4, -0.2) is 38.7 Å². The fourth-order valence-corrected chi connectivity index (χ4v) is 5.08. The molecule has 1 saturated carbocycles. The van der Waals surface area contributed by atoms with E-state index in [2.05, 4.69) is 10.3 Å². The number of halogens is 1. The van der Waals surface area contributed by atoms with Crippen LogP contribution in [0.3, 0.4) is 0 Å². The number of amides is 3. The Morgan fingerprint density at radius 2 is 1.80 bits per heavy atom. The van der Waals surface area contributed by atoms with Crippen molar-refractivity contribution in [3.63, 3.8) is 0 Å². The molecule has 1 aromatic heterocycles. The summed E-state index contributed by atoms with van der Waals surface area (Å²) in [5.41, 5.74) is 0.650. The number of hydrogen-bond acceptors (Lipinski definition) is 4. The fourth-order valence-electron chi connectivity index (χ4n) is 5.08. The molecule has 2 aliphatic carbocycles. The molecule has 8 heteroatoms. The van der Waals surface area contributed by atoms with Crippen molar-refractivity contribution in [2.45, 2.75) is 12.5 Å². The summed E-state index contributed by atoms with van der Waals surface area (Å²) in [7, 11) is 1.79. The highest BCUT2D eigenvalue weighted by molar-refractivity contribution is 6.08. The molecule has 0 spiro atoms. The summed E-state index contributed by atoms with van der Waals surface area (Å²) < 4.78 is 15.1. The van der Waals surface area contributed by atoms with Crippen LogP contribution in [0.25, 0.3) is 0 Å². The average Bonchev–Trinajstić information content (AvgIpc) is 3.49. The topological polar surface area (TPSA) is 84.3 Å². The Hall–Kier alpha value is -3.29. The zero-order valence-corrected chi connectivity index (χ0v) is 16.4. The van der Waals surface area contributed by atoms with Crippen LogP contribution in [0.2, 0.25) is 0 Å². The summed E-state index contributed by atoms with van der Waals surface area (Å²) in [5, 5.41) is 2.86. The number of fused-ring (bicyclic) bond motifs is 5. The van der Waals surface area contributed by atoms with E-state index in [9.17, 15) is 18.8 Å². The number of allylic oxidation sites excluding steroid dienone is 2. The maximum atomic E-state index is 13.4. The number of carbonyl (C=O) groups excluding carboxylic acids is 3. The Morgan fingerprint density at radius 1 is 1.17 bits per heavy atom. The number of nitrogens with zero attached hydrogens (tertiary/aromatic N) is 3. The summed E-state index contributed by atoms with van der Waals surface area (Å²) in [6.45, 7) is -0.327. The van der Waals surface area contributed by atoms with E-state index in [1.807, 2.05) is 12.2 Å². The molecule has 0 radical (unpaired) electrons. The summed E-state index contributed by atoms with van der Waals surface area (Å²) >= 11 is 0. The zero-order chi connectivity index (χ0) is 21.0. The summed E-state index contributed by atoms with van der Waals surface area (Å²) in [6, 6.07) is 5.15. The Bertz CT molecular complexity index is 1030. The fraction of sp³-hybridized carbons (Fsp3) is 0.364. The van der Waals surface area contributed by atoms with Gasteiger partial charge in [0.05, 0.1) is 11.8 Å². The molecule has 1 aromatic carbocycles. The van der Waals surface area contributed by atoms with E-state index >= 15 is 0 Å². The van der Waals surface area contributed by atoms with Gasteiger partial charge in [-0.3, -0.25) is 19.3 Å². The van der Waals surface area contributed by atoms with Gasteiger partial charge in [0.2, 0.25) is 17.7 Å². The van der Waals surface area contributed by atoms with Gasteiger partial charge >= 0.3 is 0 Å². The highest BCUT2D eigenvalue weighted by Crippen LogP contribution is 2.52. The van der Waals surface area contributed by atoms with Crippen molar-refractivity contribution in [2.75, 3.05) is 6.54 Å². The Kier molecular flexibility index (Phi) is 4.30. The van der Waals surface area contributed by atoms with Gasteiger partial charge in [-0.1, -0.05) is 24.3 Å². The van der Waals surface area contributed by atoms with Gasteiger partial charge in [0, 0.05) is 19.4 Å². The molecule has 2 bridgehead atoms. The molecule has 5 rings (SSSR count). The quantitative estimate of drug-likeness (QED) is 0.601. The average molecular weight is 408 g/mol. The standard InChI is InChI=1S/C22H21FN4O3/c1-26-9-8-24-20(26)19(12-4-6-15(23)7-5-12)25-16(28)11-27-21(29)17-13-2-3-14(10-13)18(17)22(27)30/h2-9,13-14,17-19H,10-11H2,1H3,(H,25,28)/t13-,14-,17-,18-,19+/m0/s1. The van der Waals surface area contributed by atoms with Crippen molar-refractivity contribution in [3.05, 3.63) is 66.0 Å². The monoisotopic (exact) mass is 408 g/mol. The van der Waals surface area contributed by atoms with Gasteiger partial charge in [0.25, 0.3) is 0 Å². The minimum absolute atomic E-state index is 0.101. The van der Waals surface area contributed by atoms with E-state index in [-0.39, 0.29) is 47.8 Å². The Morgan fingerprint density at radius 3 is 2.37 bits per heavy atom. The molecule has 2 aromatic rings. The molecule has 2 heterocycles. The van der Waals surface area contributed by atoms with Gasteiger partial charge in [-0.05, 0) is 36.0 Å². The number of nitrogens with one attached hydrogen (secondary N) is 1. The zero-order valence-electron chi connectivity index (χ0n) is 16.4. The van der Waals surface area contributed by atoms with E-state index in [0.29, 0.717) is 11.4 Å². The number of likely N-dealkylation sites (tertiary alicyclic amines) is 1. The lowest BCUT2D eigenvalue weighted by molar-refractivity contribution is -0.144. The lowest BCUT2D eigenvalue weighted by atomic mass is 9.85. The van der Waals surface area contributed by atoms with Crippen LogP contribution < -0.4 is 5.32 Å². The van der Waals surface area contributed by atoms with Gasteiger partial charge in [-0.25, -0.2) is 9.37 Å². The van der Waals surface area contributed by atoms with E-state index in [4.69, 9.17) is 0 Å². The van der Waals surface area contributed by atoms with Crippen molar-refractivity contribution < 1.29 is 18.8 Å². The van der Waals surface area contributed by atoms with Crippen LogP contribution >= 0.6 is 0 Å². The van der Waals surface area contributed by atoms with Gasteiger partial charge in [-0.2, -0.15) is 0 Å². The number of aromatic nitrogens is 2. The highest BCUT2D eigenvalue weighted by Gasteiger charge is 2.59. The number of aryl methyl sites for hydroxylation is 1. The van der Waals surface area contributed by atoms with E-state index in [1.165, 1.54) is 12.1 Å². The van der Waals surface area contributed by atoms with Crippen molar-refractivity contribution in [1.29, 1.82) is 0 Å². The maximum absolute atomic E-state index is 13.4. The maximum Gasteiger partial charge on any atom is 0.241 e. The lowest BCUT2D eigenvalue weighted by Gasteiger charge is -2.22. The van der Waals surface area contributed by atoms with Crippen LogP contribution in [0.4, 0.5) is 4.39 Å². The van der Waals surface area contributed by atoms with E-state index in [0.717, 1.165) is 11.3 Å². The van der Waals surface area contributed by atoms with Crippen LogP contribution in [0.1, 0.15) is 23.9 Å². The summed E-state index contributed by atoms with van der Waals surface area (Å²) in [5.74, 6) is -1.26. The van der Waals surface area contributed by atoms with Crippen molar-refractivity contribution >= 4 is 17.7 Å². The molecule has 7 nitrogen and oxygen atoms in total. The van der Waals surface area contributed by atoms with Gasteiger partial charge in [-0.15, -0.1) is 0 Å². The number of benzene rings is 1. The number of rotatable bonds is 5. The minimum atomic E-state index is -0.636. The largest absolute Gasteiger partial charge is 0.341 e. The van der Waals surface area contributed by atoms with Gasteiger partial charge in [0.1, 0.15) is 24.2 Å². The highest BCUT2D eigenvalue weighted by atomic mass is 19.1. The molecule has 1 saturated heterocycles. The predicted octanol–water partition coefficient (Wildman–Crippen LogP) is 1.57. The molecule has 5 atom stereocenters. The second kappa shape index (κ2) is 6.90.